The molecule has 2 aromatic heterocycles. The quantitative estimate of drug-likeness (QED) is 0.128. The van der Waals surface area contributed by atoms with Crippen LogP contribution in [0, 0.1) is 17.8 Å². The van der Waals surface area contributed by atoms with Gasteiger partial charge in [-0.2, -0.15) is 0 Å². The van der Waals surface area contributed by atoms with Crippen molar-refractivity contribution in [1.29, 1.82) is 0 Å². The maximum atomic E-state index is 14.6. The number of methoxy groups -OCH3 is 1. The van der Waals surface area contributed by atoms with E-state index in [-0.39, 0.29) is 43.7 Å². The standard InChI is InChI=1S/C44H65N5O10/c1-11-17-44-35(49(42(54)59-44)20-14-13-19-48-25-32(46-26-48)31-16-15-18-45-24-31)22-34(50)27(3)23-43(7,55-10)39(29(5)37(51)30(6)40(53)57-36(44)12-2)58-41-38(52)33(47(8)9)21-28(4)56-41/h11,15-18,24-30,33,35-36,38-39,41,52H,12-14,19-23H2,1-10H3/b17-11-/t27-,28-,29+,30-,33+,35-,36-,38-,39-,41?,43+,44+/m1/s1. The molecule has 326 valence electrons. The summed E-state index contributed by atoms with van der Waals surface area (Å²) in [6.45, 7) is 13.2. The van der Waals surface area contributed by atoms with Crippen LogP contribution in [0.3, 0.4) is 0 Å². The fourth-order valence-electron chi connectivity index (χ4n) is 9.10. The number of amides is 1. The second kappa shape index (κ2) is 19.6. The van der Waals surface area contributed by atoms with Crippen LogP contribution in [0.25, 0.3) is 11.3 Å². The number of cyclic esters (lactones) is 1. The van der Waals surface area contributed by atoms with Gasteiger partial charge in [0.2, 0.25) is 0 Å². The summed E-state index contributed by atoms with van der Waals surface area (Å²) in [6.07, 6.45) is 7.66. The minimum Gasteiger partial charge on any atom is -0.457 e. The van der Waals surface area contributed by atoms with Gasteiger partial charge in [0.15, 0.2) is 17.7 Å². The van der Waals surface area contributed by atoms with Crippen LogP contribution in [-0.2, 0) is 44.6 Å². The Bertz CT molecular complexity index is 1790. The number of aryl methyl sites for hydroxylation is 1. The lowest BCUT2D eigenvalue weighted by molar-refractivity contribution is -0.295. The highest BCUT2D eigenvalue weighted by atomic mass is 16.7. The number of imidazole rings is 1. The number of hydrogen-bond donors (Lipinski definition) is 1. The number of ether oxygens (including phenoxy) is 5. The minimum absolute atomic E-state index is 0.0941. The van der Waals surface area contributed by atoms with Gasteiger partial charge in [-0.1, -0.05) is 26.8 Å². The number of hydrogen-bond acceptors (Lipinski definition) is 13. The van der Waals surface area contributed by atoms with Crippen molar-refractivity contribution in [3.63, 3.8) is 0 Å². The summed E-state index contributed by atoms with van der Waals surface area (Å²) < 4.78 is 33.3. The Kier molecular flexibility index (Phi) is 15.3. The molecular weight excluding hydrogens is 759 g/mol. The van der Waals surface area contributed by atoms with Crippen LogP contribution < -0.4 is 0 Å². The molecule has 0 aliphatic carbocycles. The Balaban J connectivity index is 1.45. The van der Waals surface area contributed by atoms with Crippen LogP contribution >= 0.6 is 0 Å². The Morgan fingerprint density at radius 2 is 1.83 bits per heavy atom. The lowest BCUT2D eigenvalue weighted by Gasteiger charge is -2.47. The number of carbonyl (C=O) groups is 4. The van der Waals surface area contributed by atoms with E-state index in [1.165, 1.54) is 14.0 Å². The maximum absolute atomic E-state index is 14.6. The van der Waals surface area contributed by atoms with Crippen LogP contribution in [0.15, 0.2) is 49.2 Å². The molecule has 3 saturated heterocycles. The van der Waals surface area contributed by atoms with Crippen molar-refractivity contribution in [2.24, 2.45) is 17.8 Å². The zero-order valence-corrected chi connectivity index (χ0v) is 36.4. The topological polar surface area (TPSA) is 172 Å². The van der Waals surface area contributed by atoms with Gasteiger partial charge in [-0.3, -0.25) is 19.4 Å². The number of aliphatic hydroxyl groups is 1. The number of allylic oxidation sites excluding steroid dienone is 1. The molecule has 12 atom stereocenters. The summed E-state index contributed by atoms with van der Waals surface area (Å²) in [5.74, 6) is -4.27. The third-order valence-corrected chi connectivity index (χ3v) is 12.6. The third kappa shape index (κ3) is 9.97. The first-order chi connectivity index (χ1) is 28.0. The Morgan fingerprint density at radius 1 is 1.10 bits per heavy atom. The number of likely N-dealkylation sites (N-methyl/N-ethyl adjacent to an activating group) is 1. The highest BCUT2D eigenvalue weighted by Gasteiger charge is 2.59. The fourth-order valence-corrected chi connectivity index (χ4v) is 9.10. The molecule has 0 radical (unpaired) electrons. The summed E-state index contributed by atoms with van der Waals surface area (Å²) in [5.41, 5.74) is -1.05. The van der Waals surface area contributed by atoms with Gasteiger partial charge in [-0.15, -0.1) is 0 Å². The van der Waals surface area contributed by atoms with Crippen LogP contribution in [0.4, 0.5) is 4.79 Å². The number of pyridine rings is 1. The molecule has 15 nitrogen and oxygen atoms in total. The van der Waals surface area contributed by atoms with Crippen molar-refractivity contribution >= 4 is 23.6 Å². The zero-order chi connectivity index (χ0) is 43.2. The molecule has 5 heterocycles. The normalized spacial score (nSPS) is 35.2. The van der Waals surface area contributed by atoms with Gasteiger partial charge in [-0.05, 0) is 92.1 Å². The largest absolute Gasteiger partial charge is 0.457 e. The van der Waals surface area contributed by atoms with Gasteiger partial charge >= 0.3 is 12.1 Å². The van der Waals surface area contributed by atoms with E-state index in [0.29, 0.717) is 25.8 Å². The summed E-state index contributed by atoms with van der Waals surface area (Å²) in [5, 5.41) is 11.4. The molecule has 15 heteroatoms. The number of unbranched alkanes of at least 4 members (excludes halogenated alkanes) is 1. The number of Topliss-reactive ketones (excluding diaryl/α,β-unsaturated/α-hetero) is 2. The molecule has 1 N–H and O–H groups in total. The average Bonchev–Trinajstić information content (AvgIpc) is 3.79. The van der Waals surface area contributed by atoms with Gasteiger partial charge in [0.05, 0.1) is 35.9 Å². The second-order valence-corrected chi connectivity index (χ2v) is 17.0. The maximum Gasteiger partial charge on any atom is 0.411 e. The van der Waals surface area contributed by atoms with E-state index in [1.54, 1.807) is 63.5 Å². The number of rotatable bonds is 12. The van der Waals surface area contributed by atoms with Crippen molar-refractivity contribution in [1.82, 2.24) is 24.3 Å². The molecule has 3 aliphatic rings. The average molecular weight is 824 g/mol. The van der Waals surface area contributed by atoms with Gasteiger partial charge in [0, 0.05) is 68.7 Å². The monoisotopic (exact) mass is 823 g/mol. The number of carbonyl (C=O) groups excluding carboxylic acids is 4. The van der Waals surface area contributed by atoms with Gasteiger partial charge in [0.1, 0.15) is 23.9 Å². The number of esters is 1. The molecule has 3 fully saturated rings. The van der Waals surface area contributed by atoms with Gasteiger partial charge < -0.3 is 43.2 Å². The molecule has 1 unspecified atom stereocenters. The Hall–Kier alpha value is -4.02. The summed E-state index contributed by atoms with van der Waals surface area (Å²) in [4.78, 5) is 69.1. The highest BCUT2D eigenvalue weighted by Crippen LogP contribution is 2.42. The molecule has 5 rings (SSSR count). The predicted octanol–water partition coefficient (Wildman–Crippen LogP) is 5.24. The van der Waals surface area contributed by atoms with Crippen molar-refractivity contribution in [2.45, 2.75) is 148 Å². The molecule has 3 aliphatic heterocycles. The number of fused-ring (bicyclic) bond motifs is 1. The first kappa shape index (κ1) is 46.1. The van der Waals surface area contributed by atoms with Crippen molar-refractivity contribution in [2.75, 3.05) is 27.7 Å². The van der Waals surface area contributed by atoms with E-state index in [1.807, 2.05) is 55.7 Å². The van der Waals surface area contributed by atoms with E-state index in [4.69, 9.17) is 23.7 Å². The summed E-state index contributed by atoms with van der Waals surface area (Å²) in [7, 11) is 5.24. The fraction of sp³-hybridized carbons (Fsp3) is 0.682. The number of ketones is 2. The van der Waals surface area contributed by atoms with Crippen LogP contribution in [0.1, 0.15) is 87.0 Å². The SMILES string of the molecule is C/C=C\[C@]12OC(=O)N(CCCCn3cnc(-c4cccnc4)c3)[C@@H]1CC(=O)[C@H](C)C[C@](C)(OC)[C@H](OC1O[C@H](C)C[C@H](N(C)C)[C@H]1O)[C@@H](C)C(=O)[C@@H](C)C(=O)O[C@@H]2CC. The van der Waals surface area contributed by atoms with Crippen LogP contribution in [0.2, 0.25) is 0 Å². The number of aliphatic hydroxyl groups excluding tert-OH is 1. The molecule has 0 spiro atoms. The van der Waals surface area contributed by atoms with E-state index in [2.05, 4.69) is 9.97 Å². The predicted molar refractivity (Wildman–Crippen MR) is 219 cm³/mol. The van der Waals surface area contributed by atoms with Crippen LogP contribution in [0.5, 0.6) is 0 Å². The molecule has 0 saturated carbocycles. The molecule has 59 heavy (non-hydrogen) atoms. The van der Waals surface area contributed by atoms with E-state index < -0.39 is 77.4 Å². The number of aromatic nitrogens is 3. The zero-order valence-electron chi connectivity index (χ0n) is 36.4. The van der Waals surface area contributed by atoms with E-state index in [9.17, 15) is 24.3 Å². The van der Waals surface area contributed by atoms with E-state index in [0.717, 1.165) is 11.3 Å². The summed E-state index contributed by atoms with van der Waals surface area (Å²) in [6, 6.07) is 2.70. The lowest BCUT2D eigenvalue weighted by atomic mass is 9.75. The van der Waals surface area contributed by atoms with Crippen molar-refractivity contribution in [3.05, 3.63) is 49.2 Å². The highest BCUT2D eigenvalue weighted by molar-refractivity contribution is 6.00. The Morgan fingerprint density at radius 3 is 2.47 bits per heavy atom. The van der Waals surface area contributed by atoms with Gasteiger partial charge in [-0.25, -0.2) is 9.78 Å². The van der Waals surface area contributed by atoms with Crippen LogP contribution in [-0.4, -0.2) is 135 Å². The molecule has 0 aromatic carbocycles. The first-order valence-corrected chi connectivity index (χ1v) is 21.0. The summed E-state index contributed by atoms with van der Waals surface area (Å²) >= 11 is 0. The minimum atomic E-state index is -1.50. The van der Waals surface area contributed by atoms with E-state index >= 15 is 0 Å². The number of nitrogens with zero attached hydrogens (tertiary/aromatic N) is 5. The molecular formula is C44H65N5O10. The van der Waals surface area contributed by atoms with Gasteiger partial charge in [0.25, 0.3) is 0 Å². The third-order valence-electron chi connectivity index (χ3n) is 12.6. The first-order valence-electron chi connectivity index (χ1n) is 21.0. The lowest BCUT2D eigenvalue weighted by Crippen LogP contribution is -2.59. The molecule has 1 amide bonds. The molecule has 2 aromatic rings. The smallest absolute Gasteiger partial charge is 0.411 e. The Labute approximate surface area is 348 Å². The second-order valence-electron chi connectivity index (χ2n) is 17.0. The molecule has 0 bridgehead atoms. The van der Waals surface area contributed by atoms with Crippen molar-refractivity contribution in [3.8, 4) is 11.3 Å². The van der Waals surface area contributed by atoms with Crippen molar-refractivity contribution < 1.29 is 48.0 Å².